The Hall–Kier alpha value is -3.29. The lowest BCUT2D eigenvalue weighted by Crippen LogP contribution is -2.66. The first-order chi connectivity index (χ1) is 16.0. The Labute approximate surface area is 193 Å². The van der Waals surface area contributed by atoms with E-state index in [-0.39, 0.29) is 18.4 Å². The van der Waals surface area contributed by atoms with Crippen molar-refractivity contribution in [2.75, 3.05) is 26.2 Å². The zero-order valence-corrected chi connectivity index (χ0v) is 18.7. The number of piperazine rings is 1. The molecule has 1 saturated heterocycles. The van der Waals surface area contributed by atoms with Gasteiger partial charge in [0, 0.05) is 38.2 Å². The van der Waals surface area contributed by atoms with Crippen molar-refractivity contribution in [3.63, 3.8) is 0 Å². The molecule has 1 spiro atoms. The van der Waals surface area contributed by atoms with Crippen molar-refractivity contribution in [2.24, 2.45) is 0 Å². The summed E-state index contributed by atoms with van der Waals surface area (Å²) >= 11 is 0. The fraction of sp³-hybridized carbons (Fsp3) is 0.346. The molecule has 172 valence electrons. The molecule has 0 aromatic heterocycles. The summed E-state index contributed by atoms with van der Waals surface area (Å²) < 4.78 is 11.5. The van der Waals surface area contributed by atoms with Gasteiger partial charge >= 0.3 is 17.8 Å². The van der Waals surface area contributed by atoms with Crippen molar-refractivity contribution in [3.05, 3.63) is 83.9 Å². The van der Waals surface area contributed by atoms with Gasteiger partial charge in [0.1, 0.15) is 5.78 Å². The highest BCUT2D eigenvalue weighted by Crippen LogP contribution is 2.35. The van der Waals surface area contributed by atoms with E-state index >= 15 is 0 Å². The summed E-state index contributed by atoms with van der Waals surface area (Å²) in [7, 11) is 0. The van der Waals surface area contributed by atoms with Crippen molar-refractivity contribution < 1.29 is 23.9 Å². The van der Waals surface area contributed by atoms with E-state index in [4.69, 9.17) is 9.47 Å². The van der Waals surface area contributed by atoms with Crippen LogP contribution >= 0.6 is 0 Å². The second-order valence-corrected chi connectivity index (χ2v) is 8.38. The molecule has 33 heavy (non-hydrogen) atoms. The smallest absolute Gasteiger partial charge is 0.335 e. The van der Waals surface area contributed by atoms with E-state index in [2.05, 4.69) is 29.2 Å². The van der Waals surface area contributed by atoms with Crippen LogP contribution in [0.5, 0.6) is 0 Å². The topological polar surface area (TPSA) is 76.2 Å². The minimum atomic E-state index is -1.56. The molecule has 0 radical (unpaired) electrons. The maximum Gasteiger partial charge on any atom is 0.335 e. The largest absolute Gasteiger partial charge is 0.404 e. The first kappa shape index (κ1) is 22.9. The lowest BCUT2D eigenvalue weighted by Gasteiger charge is -2.49. The van der Waals surface area contributed by atoms with Gasteiger partial charge in [0.25, 0.3) is 0 Å². The summed E-state index contributed by atoms with van der Waals surface area (Å²) in [6.45, 7) is 3.37. The number of carbonyl (C=O) groups is 3. The number of carbonyl (C=O) groups excluding carboxylic acids is 3. The van der Waals surface area contributed by atoms with Crippen molar-refractivity contribution in [2.45, 2.75) is 31.7 Å². The lowest BCUT2D eigenvalue weighted by molar-refractivity contribution is -0.301. The van der Waals surface area contributed by atoms with E-state index in [1.165, 1.54) is 0 Å². The highest BCUT2D eigenvalue weighted by molar-refractivity contribution is 5.93. The van der Waals surface area contributed by atoms with Gasteiger partial charge in [0.15, 0.2) is 0 Å². The quantitative estimate of drug-likeness (QED) is 0.603. The number of nitrogens with zero attached hydrogens (tertiary/aromatic N) is 2. The van der Waals surface area contributed by atoms with Crippen LogP contribution in [0.1, 0.15) is 36.9 Å². The summed E-state index contributed by atoms with van der Waals surface area (Å²) in [6.07, 6.45) is 3.18. The molecule has 2 aromatic rings. The monoisotopic (exact) mass is 448 g/mol. The van der Waals surface area contributed by atoms with Crippen molar-refractivity contribution in [1.82, 2.24) is 9.80 Å². The zero-order valence-electron chi connectivity index (χ0n) is 18.7. The van der Waals surface area contributed by atoms with Gasteiger partial charge in [0.2, 0.25) is 0 Å². The van der Waals surface area contributed by atoms with Gasteiger partial charge in [-0.3, -0.25) is 4.90 Å². The molecule has 0 amide bonds. The van der Waals surface area contributed by atoms with Crippen molar-refractivity contribution >= 4 is 17.7 Å². The Bertz CT molecular complexity index is 962. The molecule has 4 rings (SSSR count). The summed E-state index contributed by atoms with van der Waals surface area (Å²) in [5, 5.41) is 0. The molecule has 2 heterocycles. The van der Waals surface area contributed by atoms with Gasteiger partial charge in [0.05, 0.1) is 12.6 Å². The molecule has 2 aliphatic rings. The standard InChI is InChI=1S/C26H28N2O5/c1-20(29)9-8-16-28-18-17-27(19-26(28)32-23(30)14-15-24(31)33-26)25(21-10-4-2-5-11-21)22-12-6-3-7-13-22/h2-7,10-15,25H,8-9,16-19H2,1H3. The summed E-state index contributed by atoms with van der Waals surface area (Å²) in [4.78, 5) is 40.3. The summed E-state index contributed by atoms with van der Waals surface area (Å²) in [5.74, 6) is -2.73. The molecule has 7 heteroatoms. The van der Waals surface area contributed by atoms with E-state index < -0.39 is 17.8 Å². The van der Waals surface area contributed by atoms with Crippen LogP contribution in [0.4, 0.5) is 0 Å². The Morgan fingerprint density at radius 3 is 1.97 bits per heavy atom. The predicted molar refractivity (Wildman–Crippen MR) is 122 cm³/mol. The molecule has 0 atom stereocenters. The molecule has 7 nitrogen and oxygen atoms in total. The van der Waals surface area contributed by atoms with Crippen molar-refractivity contribution in [3.8, 4) is 0 Å². The van der Waals surface area contributed by atoms with Gasteiger partial charge in [-0.05, 0) is 24.5 Å². The fourth-order valence-corrected chi connectivity index (χ4v) is 4.49. The van der Waals surface area contributed by atoms with Crippen LogP contribution in [-0.2, 0) is 23.9 Å². The maximum absolute atomic E-state index is 12.4. The number of hydrogen-bond donors (Lipinski definition) is 0. The first-order valence-corrected chi connectivity index (χ1v) is 11.2. The first-order valence-electron chi connectivity index (χ1n) is 11.2. The van der Waals surface area contributed by atoms with Gasteiger partial charge in [-0.25, -0.2) is 14.5 Å². The Kier molecular flexibility index (Phi) is 7.01. The number of ether oxygens (including phenoxy) is 2. The molecular formula is C26H28N2O5. The Balaban J connectivity index is 1.68. The minimum Gasteiger partial charge on any atom is -0.404 e. The van der Waals surface area contributed by atoms with Crippen LogP contribution in [0.25, 0.3) is 0 Å². The second-order valence-electron chi connectivity index (χ2n) is 8.38. The van der Waals surface area contributed by atoms with Crippen LogP contribution < -0.4 is 0 Å². The Morgan fingerprint density at radius 2 is 1.45 bits per heavy atom. The molecule has 0 aliphatic carbocycles. The van der Waals surface area contributed by atoms with E-state index in [1.807, 2.05) is 41.3 Å². The normalized spacial score (nSPS) is 18.7. The fourth-order valence-electron chi connectivity index (χ4n) is 4.49. The van der Waals surface area contributed by atoms with Crippen molar-refractivity contribution in [1.29, 1.82) is 0 Å². The average Bonchev–Trinajstić information content (AvgIpc) is 2.94. The van der Waals surface area contributed by atoms with E-state index in [1.54, 1.807) is 6.92 Å². The number of ketones is 1. The average molecular weight is 449 g/mol. The highest BCUT2D eigenvalue weighted by Gasteiger charge is 2.50. The molecule has 0 saturated carbocycles. The molecule has 0 bridgehead atoms. The minimum absolute atomic E-state index is 0.0902. The van der Waals surface area contributed by atoms with Crippen LogP contribution in [0.3, 0.4) is 0 Å². The Morgan fingerprint density at radius 1 is 0.909 bits per heavy atom. The van der Waals surface area contributed by atoms with E-state index in [0.717, 1.165) is 23.3 Å². The van der Waals surface area contributed by atoms with Crippen LogP contribution in [0.2, 0.25) is 0 Å². The molecule has 0 N–H and O–H groups in total. The third kappa shape index (κ3) is 5.38. The zero-order chi connectivity index (χ0) is 23.3. The molecule has 0 unspecified atom stereocenters. The predicted octanol–water partition coefficient (Wildman–Crippen LogP) is 3.07. The van der Waals surface area contributed by atoms with E-state index in [9.17, 15) is 14.4 Å². The van der Waals surface area contributed by atoms with Gasteiger partial charge in [-0.1, -0.05) is 60.7 Å². The molecule has 1 fully saturated rings. The molecular weight excluding hydrogens is 420 g/mol. The molecule has 2 aliphatic heterocycles. The second kappa shape index (κ2) is 10.1. The SMILES string of the molecule is CC(=O)CCCN1CCN(C(c2ccccc2)c2ccccc2)CC12OC(=O)C=CC(=O)O2. The van der Waals surface area contributed by atoms with Crippen LogP contribution in [0.15, 0.2) is 72.8 Å². The van der Waals surface area contributed by atoms with Crippen LogP contribution in [0, 0.1) is 0 Å². The molecule has 2 aromatic carbocycles. The van der Waals surface area contributed by atoms with E-state index in [0.29, 0.717) is 32.5 Å². The number of Topliss-reactive ketones (excluding diaryl/α,β-unsaturated/α-hetero) is 1. The third-order valence-corrected chi connectivity index (χ3v) is 5.97. The number of rotatable bonds is 7. The van der Waals surface area contributed by atoms with Gasteiger partial charge in [-0.2, -0.15) is 0 Å². The van der Waals surface area contributed by atoms with Crippen LogP contribution in [-0.4, -0.2) is 59.6 Å². The van der Waals surface area contributed by atoms with Gasteiger partial charge in [-0.15, -0.1) is 0 Å². The number of benzene rings is 2. The summed E-state index contributed by atoms with van der Waals surface area (Å²) in [6, 6.07) is 20.1. The number of hydrogen-bond acceptors (Lipinski definition) is 7. The highest BCUT2D eigenvalue weighted by atomic mass is 16.8. The lowest BCUT2D eigenvalue weighted by atomic mass is 9.96. The maximum atomic E-state index is 12.4. The number of esters is 2. The third-order valence-electron chi connectivity index (χ3n) is 5.97. The summed E-state index contributed by atoms with van der Waals surface area (Å²) in [5.41, 5.74) is 2.18. The van der Waals surface area contributed by atoms with Gasteiger partial charge < -0.3 is 14.3 Å².